The maximum Gasteiger partial charge on any atom is 0.345 e. The SMILES string of the molecule is CC(C)(C)C1OC(=O)[C@@](C)(c2ccccc2)O1. The van der Waals surface area contributed by atoms with Crippen LogP contribution < -0.4 is 0 Å². The molecule has 0 spiro atoms. The van der Waals surface area contributed by atoms with Crippen LogP contribution in [0.25, 0.3) is 0 Å². The van der Waals surface area contributed by atoms with Crippen LogP contribution in [0.4, 0.5) is 0 Å². The summed E-state index contributed by atoms with van der Waals surface area (Å²) in [5.74, 6) is -0.316. The molecule has 92 valence electrons. The Morgan fingerprint density at radius 2 is 1.76 bits per heavy atom. The zero-order valence-electron chi connectivity index (χ0n) is 10.7. The van der Waals surface area contributed by atoms with Crippen LogP contribution in [-0.4, -0.2) is 12.3 Å². The smallest absolute Gasteiger partial charge is 0.345 e. The third-order valence-corrected chi connectivity index (χ3v) is 2.98. The largest absolute Gasteiger partial charge is 0.433 e. The summed E-state index contributed by atoms with van der Waals surface area (Å²) in [6.07, 6.45) is -0.500. The quantitative estimate of drug-likeness (QED) is 0.701. The molecule has 1 aromatic carbocycles. The first-order valence-electron chi connectivity index (χ1n) is 5.78. The summed E-state index contributed by atoms with van der Waals surface area (Å²) in [6.45, 7) is 7.72. The minimum Gasteiger partial charge on any atom is -0.433 e. The van der Waals surface area contributed by atoms with Gasteiger partial charge in [0.15, 0.2) is 5.60 Å². The normalized spacial score (nSPS) is 29.2. The molecule has 2 atom stereocenters. The van der Waals surface area contributed by atoms with Crippen LogP contribution in [0, 0.1) is 5.41 Å². The molecular weight excluding hydrogens is 216 g/mol. The van der Waals surface area contributed by atoms with Gasteiger partial charge in [0.25, 0.3) is 0 Å². The van der Waals surface area contributed by atoms with E-state index in [-0.39, 0.29) is 11.4 Å². The molecule has 1 aromatic rings. The lowest BCUT2D eigenvalue weighted by Crippen LogP contribution is -2.31. The molecular formula is C14H18O3. The maximum absolute atomic E-state index is 12.0. The van der Waals surface area contributed by atoms with E-state index in [2.05, 4.69) is 0 Å². The highest BCUT2D eigenvalue weighted by Crippen LogP contribution is 2.40. The summed E-state index contributed by atoms with van der Waals surface area (Å²) in [4.78, 5) is 12.0. The molecule has 1 saturated heterocycles. The molecule has 0 N–H and O–H groups in total. The summed E-state index contributed by atoms with van der Waals surface area (Å²) >= 11 is 0. The maximum atomic E-state index is 12.0. The number of hydrogen-bond donors (Lipinski definition) is 0. The van der Waals surface area contributed by atoms with E-state index in [9.17, 15) is 4.79 Å². The third-order valence-electron chi connectivity index (χ3n) is 2.98. The van der Waals surface area contributed by atoms with Gasteiger partial charge in [-0.25, -0.2) is 4.79 Å². The van der Waals surface area contributed by atoms with Crippen molar-refractivity contribution in [3.05, 3.63) is 35.9 Å². The number of carbonyl (C=O) groups excluding carboxylic acids is 1. The molecule has 2 rings (SSSR count). The second kappa shape index (κ2) is 3.84. The van der Waals surface area contributed by atoms with Crippen molar-refractivity contribution < 1.29 is 14.3 Å². The number of carbonyl (C=O) groups is 1. The Bertz CT molecular complexity index is 419. The fourth-order valence-electron chi connectivity index (χ4n) is 1.79. The summed E-state index contributed by atoms with van der Waals surface area (Å²) in [5.41, 5.74) is -0.377. The molecule has 1 unspecified atom stereocenters. The lowest BCUT2D eigenvalue weighted by molar-refractivity contribution is -0.155. The van der Waals surface area contributed by atoms with Gasteiger partial charge >= 0.3 is 5.97 Å². The molecule has 0 saturated carbocycles. The average molecular weight is 234 g/mol. The molecule has 0 bridgehead atoms. The van der Waals surface area contributed by atoms with Gasteiger partial charge in [-0.3, -0.25) is 0 Å². The van der Waals surface area contributed by atoms with E-state index in [4.69, 9.17) is 9.47 Å². The van der Waals surface area contributed by atoms with Gasteiger partial charge in [-0.1, -0.05) is 51.1 Å². The predicted molar refractivity (Wildman–Crippen MR) is 64.2 cm³/mol. The molecule has 0 aromatic heterocycles. The lowest BCUT2D eigenvalue weighted by Gasteiger charge is -2.26. The van der Waals surface area contributed by atoms with Crippen molar-refractivity contribution in [3.63, 3.8) is 0 Å². The summed E-state index contributed by atoms with van der Waals surface area (Å²) in [5, 5.41) is 0. The van der Waals surface area contributed by atoms with E-state index in [0.717, 1.165) is 5.56 Å². The van der Waals surface area contributed by atoms with Gasteiger partial charge in [0.2, 0.25) is 6.29 Å². The Kier molecular flexibility index (Phi) is 2.74. The monoisotopic (exact) mass is 234 g/mol. The average Bonchev–Trinajstić information content (AvgIpc) is 2.58. The van der Waals surface area contributed by atoms with E-state index >= 15 is 0 Å². The zero-order chi connectivity index (χ0) is 12.7. The van der Waals surface area contributed by atoms with E-state index in [1.54, 1.807) is 6.92 Å². The van der Waals surface area contributed by atoms with Crippen molar-refractivity contribution in [3.8, 4) is 0 Å². The molecule has 17 heavy (non-hydrogen) atoms. The molecule has 1 aliphatic rings. The first kappa shape index (κ1) is 12.1. The highest BCUT2D eigenvalue weighted by molar-refractivity contribution is 5.82. The van der Waals surface area contributed by atoms with E-state index in [0.29, 0.717) is 0 Å². The minimum atomic E-state index is -0.987. The lowest BCUT2D eigenvalue weighted by atomic mass is 9.95. The van der Waals surface area contributed by atoms with Crippen LogP contribution in [0.2, 0.25) is 0 Å². The molecule has 3 nitrogen and oxygen atoms in total. The van der Waals surface area contributed by atoms with Crippen LogP contribution in [0.15, 0.2) is 30.3 Å². The van der Waals surface area contributed by atoms with E-state index in [1.807, 2.05) is 51.1 Å². The molecule has 3 heteroatoms. The fraction of sp³-hybridized carbons (Fsp3) is 0.500. The van der Waals surface area contributed by atoms with Gasteiger partial charge in [0.1, 0.15) is 0 Å². The minimum absolute atomic E-state index is 0.220. The van der Waals surface area contributed by atoms with Crippen LogP contribution in [0.1, 0.15) is 33.3 Å². The van der Waals surface area contributed by atoms with Crippen molar-refractivity contribution >= 4 is 5.97 Å². The van der Waals surface area contributed by atoms with Crippen molar-refractivity contribution in [2.75, 3.05) is 0 Å². The number of rotatable bonds is 1. The Balaban J connectivity index is 2.32. The molecule has 1 aliphatic heterocycles. The third kappa shape index (κ3) is 2.07. The van der Waals surface area contributed by atoms with Gasteiger partial charge < -0.3 is 9.47 Å². The molecule has 0 amide bonds. The molecule has 0 aliphatic carbocycles. The summed E-state index contributed by atoms with van der Waals surface area (Å²) < 4.78 is 11.2. The van der Waals surface area contributed by atoms with Crippen LogP contribution in [0.3, 0.4) is 0 Å². The highest BCUT2D eigenvalue weighted by atomic mass is 16.8. The van der Waals surface area contributed by atoms with Crippen LogP contribution >= 0.6 is 0 Å². The van der Waals surface area contributed by atoms with Gasteiger partial charge in [0.05, 0.1) is 0 Å². The number of benzene rings is 1. The van der Waals surface area contributed by atoms with Crippen molar-refractivity contribution in [1.29, 1.82) is 0 Å². The van der Waals surface area contributed by atoms with Gasteiger partial charge in [-0.15, -0.1) is 0 Å². The molecule has 1 fully saturated rings. The Morgan fingerprint density at radius 3 is 2.24 bits per heavy atom. The Hall–Kier alpha value is -1.35. The highest BCUT2D eigenvalue weighted by Gasteiger charge is 2.51. The molecule has 0 radical (unpaired) electrons. The second-order valence-corrected chi connectivity index (χ2v) is 5.62. The predicted octanol–water partition coefficient (Wildman–Crippen LogP) is 2.85. The van der Waals surface area contributed by atoms with Crippen LogP contribution in [-0.2, 0) is 19.9 Å². The number of esters is 1. The van der Waals surface area contributed by atoms with Gasteiger partial charge in [-0.2, -0.15) is 0 Å². The number of cyclic esters (lactones) is 1. The van der Waals surface area contributed by atoms with Gasteiger partial charge in [0, 0.05) is 5.41 Å². The standard InChI is InChI=1S/C14H18O3/c1-13(2,3)12-16-11(15)14(4,17-12)10-8-6-5-7-9-10/h5-9,12H,1-4H3/t12?,14-/m1/s1. The summed E-state index contributed by atoms with van der Waals surface area (Å²) in [6, 6.07) is 9.45. The number of hydrogen-bond acceptors (Lipinski definition) is 3. The fourth-order valence-corrected chi connectivity index (χ4v) is 1.79. The van der Waals surface area contributed by atoms with Crippen LogP contribution in [0.5, 0.6) is 0 Å². The summed E-state index contributed by atoms with van der Waals surface area (Å²) in [7, 11) is 0. The Morgan fingerprint density at radius 1 is 1.18 bits per heavy atom. The van der Waals surface area contributed by atoms with Crippen molar-refractivity contribution in [1.82, 2.24) is 0 Å². The van der Waals surface area contributed by atoms with Crippen molar-refractivity contribution in [2.45, 2.75) is 39.6 Å². The first-order chi connectivity index (χ1) is 7.84. The van der Waals surface area contributed by atoms with Gasteiger partial charge in [-0.05, 0) is 12.5 Å². The molecule has 1 heterocycles. The van der Waals surface area contributed by atoms with E-state index in [1.165, 1.54) is 0 Å². The zero-order valence-corrected chi connectivity index (χ0v) is 10.7. The topological polar surface area (TPSA) is 35.5 Å². The number of ether oxygens (including phenoxy) is 2. The van der Waals surface area contributed by atoms with Crippen molar-refractivity contribution in [2.24, 2.45) is 5.41 Å². The first-order valence-corrected chi connectivity index (χ1v) is 5.78. The second-order valence-electron chi connectivity index (χ2n) is 5.62. The Labute approximate surface area is 102 Å². The van der Waals surface area contributed by atoms with E-state index < -0.39 is 11.9 Å².